The lowest BCUT2D eigenvalue weighted by Crippen LogP contribution is -2.30. The molecule has 0 unspecified atom stereocenters. The summed E-state index contributed by atoms with van der Waals surface area (Å²) < 4.78 is 7.24. The zero-order valence-corrected chi connectivity index (χ0v) is 32.2. The molecule has 1 heterocycles. The molecule has 12 rings (SSSR count). The summed E-state index contributed by atoms with van der Waals surface area (Å²) in [5.41, 5.74) is 19.3. The third-order valence-corrected chi connectivity index (χ3v) is 12.5. The number of anilines is 3. The van der Waals surface area contributed by atoms with E-state index in [2.05, 4.69) is 229 Å². The number of benzene rings is 9. The van der Waals surface area contributed by atoms with E-state index in [0.29, 0.717) is 0 Å². The lowest BCUT2D eigenvalue weighted by molar-refractivity contribution is 0.489. The van der Waals surface area contributed by atoms with Crippen molar-refractivity contribution >= 4 is 29.2 Å². The Kier molecular flexibility index (Phi) is 7.48. The molecule has 3 aliphatic rings. The second kappa shape index (κ2) is 13.2. The fourth-order valence-corrected chi connectivity index (χ4v) is 10.1. The molecule has 0 atom stereocenters. The number of ether oxygens (including phenoxy) is 1. The standard InChI is InChI=1S/C57H37NO/c1-2-18-38(19-3-1)41-22-9-14-32-51(41)58(53-34-16-27-45-43-24-7-6-23-42(43)44-25-10-15-35-54(44)59-56(45)53)52-33-17-31-50-55(52)46-26-8-13-30-49(46)57(50)47-28-11-4-20-39(47)36-37-40-21-5-12-29-48(40)57/h1-37H. The minimum atomic E-state index is -0.564. The average molecular weight is 752 g/mol. The van der Waals surface area contributed by atoms with Gasteiger partial charge in [0.1, 0.15) is 5.75 Å². The molecule has 0 amide bonds. The van der Waals surface area contributed by atoms with E-state index in [0.717, 1.165) is 61.9 Å². The van der Waals surface area contributed by atoms with Crippen LogP contribution >= 0.6 is 0 Å². The summed E-state index contributed by atoms with van der Waals surface area (Å²) in [5.74, 6) is 1.66. The minimum Gasteiger partial charge on any atom is -0.454 e. The Morgan fingerprint density at radius 1 is 0.322 bits per heavy atom. The van der Waals surface area contributed by atoms with Crippen LogP contribution in [0, 0.1) is 0 Å². The Hall–Kier alpha value is -7.68. The van der Waals surface area contributed by atoms with E-state index in [1.54, 1.807) is 0 Å². The molecule has 1 aliphatic heterocycles. The van der Waals surface area contributed by atoms with E-state index < -0.39 is 5.41 Å². The van der Waals surface area contributed by atoms with Gasteiger partial charge in [-0.25, -0.2) is 0 Å². The predicted molar refractivity (Wildman–Crippen MR) is 244 cm³/mol. The van der Waals surface area contributed by atoms with Gasteiger partial charge in [0.05, 0.1) is 22.5 Å². The van der Waals surface area contributed by atoms with Gasteiger partial charge in [0.25, 0.3) is 0 Å². The molecule has 2 heteroatoms. The third-order valence-electron chi connectivity index (χ3n) is 12.5. The van der Waals surface area contributed by atoms with Crippen molar-refractivity contribution in [2.24, 2.45) is 0 Å². The fraction of sp³-hybridized carbons (Fsp3) is 0.0175. The number of rotatable bonds is 4. The molecule has 1 spiro atoms. The van der Waals surface area contributed by atoms with E-state index in [-0.39, 0.29) is 0 Å². The number of hydrogen-bond acceptors (Lipinski definition) is 2. The first-order valence-electron chi connectivity index (χ1n) is 20.4. The molecule has 2 aliphatic carbocycles. The van der Waals surface area contributed by atoms with Gasteiger partial charge in [0.2, 0.25) is 0 Å². The van der Waals surface area contributed by atoms with E-state index in [1.165, 1.54) is 44.5 Å². The quantitative estimate of drug-likeness (QED) is 0.178. The Bertz CT molecular complexity index is 3110. The van der Waals surface area contributed by atoms with Crippen molar-refractivity contribution in [1.82, 2.24) is 0 Å². The van der Waals surface area contributed by atoms with Crippen molar-refractivity contribution < 1.29 is 4.74 Å². The van der Waals surface area contributed by atoms with Crippen molar-refractivity contribution in [1.29, 1.82) is 0 Å². The zero-order valence-electron chi connectivity index (χ0n) is 32.2. The van der Waals surface area contributed by atoms with Gasteiger partial charge in [0.15, 0.2) is 5.75 Å². The van der Waals surface area contributed by atoms with E-state index in [1.807, 2.05) is 0 Å². The molecule has 0 saturated heterocycles. The summed E-state index contributed by atoms with van der Waals surface area (Å²) in [6.07, 6.45) is 4.59. The largest absolute Gasteiger partial charge is 0.454 e. The molecule has 276 valence electrons. The molecule has 0 aromatic heterocycles. The first-order chi connectivity index (χ1) is 29.3. The molecule has 0 fully saturated rings. The zero-order chi connectivity index (χ0) is 38.9. The summed E-state index contributed by atoms with van der Waals surface area (Å²) in [7, 11) is 0. The SMILES string of the molecule is C1=Cc2ccccc2C2(c3ccccc31)c1ccccc1-c1c(N(c3ccccc3-c3ccccc3)c3cccc4c3Oc3ccccc3-c3ccccc3-4)cccc12. The molecule has 9 aromatic rings. The second-order valence-corrected chi connectivity index (χ2v) is 15.5. The summed E-state index contributed by atoms with van der Waals surface area (Å²) in [5, 5.41) is 0. The Labute approximate surface area is 344 Å². The lowest BCUT2D eigenvalue weighted by Gasteiger charge is -2.36. The first kappa shape index (κ1) is 33.5. The van der Waals surface area contributed by atoms with E-state index in [4.69, 9.17) is 4.74 Å². The van der Waals surface area contributed by atoms with Gasteiger partial charge in [-0.05, 0) is 79.9 Å². The lowest BCUT2D eigenvalue weighted by atomic mass is 9.66. The maximum atomic E-state index is 7.24. The second-order valence-electron chi connectivity index (χ2n) is 15.5. The van der Waals surface area contributed by atoms with Crippen LogP contribution in [0.4, 0.5) is 17.1 Å². The van der Waals surface area contributed by atoms with Gasteiger partial charge >= 0.3 is 0 Å². The Morgan fingerprint density at radius 3 is 1.56 bits per heavy atom. The number of para-hydroxylation sites is 3. The van der Waals surface area contributed by atoms with Crippen molar-refractivity contribution in [2.75, 3.05) is 4.90 Å². The van der Waals surface area contributed by atoms with Crippen molar-refractivity contribution in [3.05, 3.63) is 246 Å². The molecule has 9 aromatic carbocycles. The molecule has 59 heavy (non-hydrogen) atoms. The molecule has 2 nitrogen and oxygen atoms in total. The molecular formula is C57H37NO. The molecule has 0 saturated carbocycles. The Morgan fingerprint density at radius 2 is 0.814 bits per heavy atom. The average Bonchev–Trinajstić information content (AvgIpc) is 3.41. The third kappa shape index (κ3) is 4.87. The monoisotopic (exact) mass is 751 g/mol. The van der Waals surface area contributed by atoms with Gasteiger partial charge in [0, 0.05) is 22.3 Å². The minimum absolute atomic E-state index is 0.564. The van der Waals surface area contributed by atoms with Gasteiger partial charge < -0.3 is 9.64 Å². The highest BCUT2D eigenvalue weighted by Crippen LogP contribution is 2.62. The van der Waals surface area contributed by atoms with Gasteiger partial charge in [-0.15, -0.1) is 0 Å². The van der Waals surface area contributed by atoms with Gasteiger partial charge in [-0.3, -0.25) is 0 Å². The Balaban J connectivity index is 1.21. The van der Waals surface area contributed by atoms with Crippen LogP contribution < -0.4 is 9.64 Å². The molecule has 0 radical (unpaired) electrons. The van der Waals surface area contributed by atoms with Crippen LogP contribution in [-0.4, -0.2) is 0 Å². The highest BCUT2D eigenvalue weighted by molar-refractivity contribution is 6.03. The van der Waals surface area contributed by atoms with Crippen LogP contribution in [-0.2, 0) is 5.41 Å². The highest BCUT2D eigenvalue weighted by Gasteiger charge is 2.49. The topological polar surface area (TPSA) is 12.5 Å². The maximum Gasteiger partial charge on any atom is 0.159 e. The van der Waals surface area contributed by atoms with Crippen molar-refractivity contribution in [2.45, 2.75) is 5.41 Å². The van der Waals surface area contributed by atoms with Crippen LogP contribution in [0.3, 0.4) is 0 Å². The number of fused-ring (bicyclic) bond motifs is 14. The fourth-order valence-electron chi connectivity index (χ4n) is 10.1. The van der Waals surface area contributed by atoms with E-state index in [9.17, 15) is 0 Å². The smallest absolute Gasteiger partial charge is 0.159 e. The number of nitrogens with zero attached hydrogens (tertiary/aromatic N) is 1. The van der Waals surface area contributed by atoms with E-state index >= 15 is 0 Å². The van der Waals surface area contributed by atoms with Crippen LogP contribution in [0.5, 0.6) is 11.5 Å². The van der Waals surface area contributed by atoms with Crippen LogP contribution in [0.25, 0.3) is 56.7 Å². The predicted octanol–water partition coefficient (Wildman–Crippen LogP) is 15.1. The van der Waals surface area contributed by atoms with Crippen LogP contribution in [0.1, 0.15) is 33.4 Å². The maximum absolute atomic E-state index is 7.24. The summed E-state index contributed by atoms with van der Waals surface area (Å²) in [4.78, 5) is 2.47. The summed E-state index contributed by atoms with van der Waals surface area (Å²) in [6.45, 7) is 0. The number of hydrogen-bond donors (Lipinski definition) is 0. The molecule has 0 N–H and O–H groups in total. The highest BCUT2D eigenvalue weighted by atomic mass is 16.5. The molecule has 0 bridgehead atoms. The molecular weight excluding hydrogens is 715 g/mol. The van der Waals surface area contributed by atoms with Crippen molar-refractivity contribution in [3.8, 4) is 56.0 Å². The first-order valence-corrected chi connectivity index (χ1v) is 20.4. The van der Waals surface area contributed by atoms with Gasteiger partial charge in [-0.1, -0.05) is 200 Å². The van der Waals surface area contributed by atoms with Gasteiger partial charge in [-0.2, -0.15) is 0 Å². The van der Waals surface area contributed by atoms with Crippen LogP contribution in [0.2, 0.25) is 0 Å². The normalized spacial score (nSPS) is 13.3. The van der Waals surface area contributed by atoms with Crippen LogP contribution in [0.15, 0.2) is 212 Å². The summed E-state index contributed by atoms with van der Waals surface area (Å²) >= 11 is 0. The van der Waals surface area contributed by atoms with Crippen molar-refractivity contribution in [3.63, 3.8) is 0 Å². The summed E-state index contributed by atoms with van der Waals surface area (Å²) in [6, 6.07) is 77.2.